The van der Waals surface area contributed by atoms with Crippen molar-refractivity contribution in [3.63, 3.8) is 0 Å². The van der Waals surface area contributed by atoms with E-state index in [0.29, 0.717) is 13.2 Å². The quantitative estimate of drug-likeness (QED) is 0.600. The van der Waals surface area contributed by atoms with Gasteiger partial charge >= 0.3 is 5.97 Å². The largest absolute Gasteiger partial charge is 0.494 e. The average molecular weight is 293 g/mol. The number of unbranched alkanes of at least 4 members (excludes halogenated alkanes) is 2. The summed E-state index contributed by atoms with van der Waals surface area (Å²) in [6.07, 6.45) is 4.65. The minimum Gasteiger partial charge on any atom is -0.494 e. The van der Waals surface area contributed by atoms with E-state index in [0.717, 1.165) is 31.7 Å². The standard InChI is InChI=1S/C17H27NO3/c1-2-3-7-12-18(14-11-17(19)20)13-8-15-21-16-9-5-4-6-10-16/h4-6,9-10H,2-3,7-8,11-15H2,1H3,(H,19,20). The van der Waals surface area contributed by atoms with Crippen molar-refractivity contribution in [1.29, 1.82) is 0 Å². The maximum absolute atomic E-state index is 10.7. The molecule has 4 heteroatoms. The predicted molar refractivity (Wildman–Crippen MR) is 84.8 cm³/mol. The molecule has 1 aromatic carbocycles. The molecular weight excluding hydrogens is 266 g/mol. The molecule has 0 atom stereocenters. The Morgan fingerprint density at radius 2 is 1.81 bits per heavy atom. The zero-order valence-electron chi connectivity index (χ0n) is 13.0. The molecule has 0 spiro atoms. The van der Waals surface area contributed by atoms with E-state index in [1.54, 1.807) is 0 Å². The fraction of sp³-hybridized carbons (Fsp3) is 0.588. The Kier molecular flexibility index (Phi) is 9.29. The van der Waals surface area contributed by atoms with Crippen molar-refractivity contribution >= 4 is 5.97 Å². The molecule has 0 aliphatic heterocycles. The number of ether oxygens (including phenoxy) is 1. The van der Waals surface area contributed by atoms with Crippen LogP contribution in [0.3, 0.4) is 0 Å². The van der Waals surface area contributed by atoms with E-state index in [4.69, 9.17) is 9.84 Å². The molecule has 1 N–H and O–H groups in total. The Bertz CT molecular complexity index is 381. The first kappa shape index (κ1) is 17.5. The molecule has 0 aromatic heterocycles. The fourth-order valence-electron chi connectivity index (χ4n) is 2.17. The van der Waals surface area contributed by atoms with Gasteiger partial charge in [-0.2, -0.15) is 0 Å². The monoisotopic (exact) mass is 293 g/mol. The van der Waals surface area contributed by atoms with Crippen molar-refractivity contribution in [1.82, 2.24) is 4.90 Å². The molecule has 21 heavy (non-hydrogen) atoms. The first-order chi connectivity index (χ1) is 10.2. The van der Waals surface area contributed by atoms with Crippen molar-refractivity contribution < 1.29 is 14.6 Å². The van der Waals surface area contributed by atoms with E-state index in [-0.39, 0.29) is 6.42 Å². The van der Waals surface area contributed by atoms with Gasteiger partial charge in [0, 0.05) is 13.1 Å². The minimum atomic E-state index is -0.726. The lowest BCUT2D eigenvalue weighted by atomic mass is 10.2. The summed E-state index contributed by atoms with van der Waals surface area (Å²) in [6.45, 7) is 5.34. The first-order valence-corrected chi connectivity index (χ1v) is 7.84. The second kappa shape index (κ2) is 11.1. The number of benzene rings is 1. The van der Waals surface area contributed by atoms with Crippen LogP contribution in [0.15, 0.2) is 30.3 Å². The van der Waals surface area contributed by atoms with Crippen molar-refractivity contribution in [2.75, 3.05) is 26.2 Å². The molecule has 4 nitrogen and oxygen atoms in total. The molecule has 1 rings (SSSR count). The number of para-hydroxylation sites is 1. The molecule has 0 saturated heterocycles. The third-order valence-electron chi connectivity index (χ3n) is 3.35. The zero-order chi connectivity index (χ0) is 15.3. The number of hydrogen-bond donors (Lipinski definition) is 1. The third-order valence-corrected chi connectivity index (χ3v) is 3.35. The Hall–Kier alpha value is -1.55. The van der Waals surface area contributed by atoms with Gasteiger partial charge in [-0.3, -0.25) is 4.79 Å². The van der Waals surface area contributed by atoms with Crippen LogP contribution >= 0.6 is 0 Å². The summed E-state index contributed by atoms with van der Waals surface area (Å²) in [5, 5.41) is 8.80. The van der Waals surface area contributed by atoms with Crippen LogP contribution < -0.4 is 4.74 Å². The highest BCUT2D eigenvalue weighted by molar-refractivity contribution is 5.66. The highest BCUT2D eigenvalue weighted by atomic mass is 16.5. The first-order valence-electron chi connectivity index (χ1n) is 7.84. The van der Waals surface area contributed by atoms with Crippen LogP contribution in [0.5, 0.6) is 5.75 Å². The average Bonchev–Trinajstić information content (AvgIpc) is 2.49. The lowest BCUT2D eigenvalue weighted by Gasteiger charge is -2.21. The second-order valence-electron chi connectivity index (χ2n) is 5.21. The normalized spacial score (nSPS) is 10.8. The molecule has 0 fully saturated rings. The van der Waals surface area contributed by atoms with Crippen LogP contribution in [0.2, 0.25) is 0 Å². The minimum absolute atomic E-state index is 0.214. The van der Waals surface area contributed by atoms with Crippen LogP contribution in [0.25, 0.3) is 0 Å². The van der Waals surface area contributed by atoms with Gasteiger partial charge in [0.1, 0.15) is 5.75 Å². The molecule has 1 aromatic rings. The molecule has 0 heterocycles. The van der Waals surface area contributed by atoms with Crippen molar-refractivity contribution in [2.24, 2.45) is 0 Å². The number of aliphatic carboxylic acids is 1. The van der Waals surface area contributed by atoms with E-state index < -0.39 is 5.97 Å². The summed E-state index contributed by atoms with van der Waals surface area (Å²) in [5.41, 5.74) is 0. The van der Waals surface area contributed by atoms with Gasteiger partial charge in [0.05, 0.1) is 13.0 Å². The Balaban J connectivity index is 2.22. The van der Waals surface area contributed by atoms with Crippen LogP contribution in [0.4, 0.5) is 0 Å². The summed E-state index contributed by atoms with van der Waals surface area (Å²) in [7, 11) is 0. The summed E-state index contributed by atoms with van der Waals surface area (Å²) < 4.78 is 5.66. The van der Waals surface area contributed by atoms with Crippen LogP contribution in [0, 0.1) is 0 Å². The van der Waals surface area contributed by atoms with E-state index in [9.17, 15) is 4.79 Å². The molecule has 0 bridgehead atoms. The number of carboxylic acids is 1. The molecular formula is C17H27NO3. The number of hydrogen-bond acceptors (Lipinski definition) is 3. The third kappa shape index (κ3) is 9.08. The topological polar surface area (TPSA) is 49.8 Å². The van der Waals surface area contributed by atoms with Gasteiger partial charge in [-0.1, -0.05) is 38.0 Å². The van der Waals surface area contributed by atoms with Gasteiger partial charge in [-0.25, -0.2) is 0 Å². The Labute approximate surface area is 127 Å². The maximum atomic E-state index is 10.7. The summed E-state index contributed by atoms with van der Waals surface area (Å²) in [4.78, 5) is 12.9. The van der Waals surface area contributed by atoms with Crippen LogP contribution in [-0.2, 0) is 4.79 Å². The van der Waals surface area contributed by atoms with Crippen LogP contribution in [0.1, 0.15) is 39.0 Å². The predicted octanol–water partition coefficient (Wildman–Crippen LogP) is 3.42. The highest BCUT2D eigenvalue weighted by Crippen LogP contribution is 2.09. The molecule has 0 unspecified atom stereocenters. The summed E-state index contributed by atoms with van der Waals surface area (Å²) in [6, 6.07) is 9.78. The number of carboxylic acid groups (broad SMARTS) is 1. The molecule has 0 aliphatic rings. The summed E-state index contributed by atoms with van der Waals surface area (Å²) in [5.74, 6) is 0.164. The maximum Gasteiger partial charge on any atom is 0.304 e. The van der Waals surface area contributed by atoms with E-state index >= 15 is 0 Å². The molecule has 0 amide bonds. The fourth-order valence-corrected chi connectivity index (χ4v) is 2.17. The number of rotatable bonds is 12. The SMILES string of the molecule is CCCCCN(CCCOc1ccccc1)CCC(=O)O. The van der Waals surface area contributed by atoms with Gasteiger partial charge in [0.2, 0.25) is 0 Å². The molecule has 0 saturated carbocycles. The van der Waals surface area contributed by atoms with Crippen LogP contribution in [-0.4, -0.2) is 42.2 Å². The number of carbonyl (C=O) groups is 1. The van der Waals surface area contributed by atoms with E-state index in [1.165, 1.54) is 12.8 Å². The van der Waals surface area contributed by atoms with Gasteiger partial charge in [0.15, 0.2) is 0 Å². The smallest absolute Gasteiger partial charge is 0.304 e. The zero-order valence-corrected chi connectivity index (χ0v) is 13.0. The van der Waals surface area contributed by atoms with E-state index in [1.807, 2.05) is 30.3 Å². The van der Waals surface area contributed by atoms with Crippen molar-refractivity contribution in [3.8, 4) is 5.75 Å². The van der Waals surface area contributed by atoms with Gasteiger partial charge in [0.25, 0.3) is 0 Å². The lowest BCUT2D eigenvalue weighted by molar-refractivity contribution is -0.137. The lowest BCUT2D eigenvalue weighted by Crippen LogP contribution is -2.29. The summed E-state index contributed by atoms with van der Waals surface area (Å²) >= 11 is 0. The van der Waals surface area contributed by atoms with Crippen molar-refractivity contribution in [3.05, 3.63) is 30.3 Å². The Morgan fingerprint density at radius 3 is 2.48 bits per heavy atom. The van der Waals surface area contributed by atoms with E-state index in [2.05, 4.69) is 11.8 Å². The highest BCUT2D eigenvalue weighted by Gasteiger charge is 2.07. The molecule has 118 valence electrons. The van der Waals surface area contributed by atoms with Gasteiger partial charge in [-0.05, 0) is 31.5 Å². The van der Waals surface area contributed by atoms with Gasteiger partial charge in [-0.15, -0.1) is 0 Å². The Morgan fingerprint density at radius 1 is 1.10 bits per heavy atom. The number of nitrogens with zero attached hydrogens (tertiary/aromatic N) is 1. The molecule has 0 aliphatic carbocycles. The van der Waals surface area contributed by atoms with Gasteiger partial charge < -0.3 is 14.7 Å². The van der Waals surface area contributed by atoms with Crippen molar-refractivity contribution in [2.45, 2.75) is 39.0 Å². The molecule has 0 radical (unpaired) electrons. The second-order valence-corrected chi connectivity index (χ2v) is 5.21.